The Morgan fingerprint density at radius 3 is 2.57 bits per heavy atom. The molecule has 0 bridgehead atoms. The van der Waals surface area contributed by atoms with E-state index in [0.29, 0.717) is 28.5 Å². The molecule has 4 rings (SSSR count). The lowest BCUT2D eigenvalue weighted by atomic mass is 10.1. The number of halogens is 3. The number of anilines is 1. The highest BCUT2D eigenvalue weighted by molar-refractivity contribution is 7.14. The summed E-state index contributed by atoms with van der Waals surface area (Å²) in [7, 11) is 0. The molecule has 1 aliphatic rings. The third-order valence-corrected chi connectivity index (χ3v) is 4.98. The van der Waals surface area contributed by atoms with Crippen molar-refractivity contribution in [3.05, 3.63) is 59.2 Å². The molecule has 8 heteroatoms. The number of hydrogen-bond donors (Lipinski definition) is 1. The van der Waals surface area contributed by atoms with Gasteiger partial charge in [-0.2, -0.15) is 0 Å². The predicted molar refractivity (Wildman–Crippen MR) is 104 cm³/mol. The smallest absolute Gasteiger partial charge is 0.198 e. The largest absolute Gasteiger partial charge is 0.450 e. The third kappa shape index (κ3) is 4.01. The van der Waals surface area contributed by atoms with E-state index < -0.39 is 23.2 Å². The highest BCUT2D eigenvalue weighted by Crippen LogP contribution is 2.36. The molecule has 0 atom stereocenters. The number of ether oxygens (including phenoxy) is 1. The van der Waals surface area contributed by atoms with E-state index in [1.807, 2.05) is 5.38 Å². The van der Waals surface area contributed by atoms with Crippen molar-refractivity contribution in [3.8, 4) is 22.8 Å². The Morgan fingerprint density at radius 1 is 1.04 bits per heavy atom. The average Bonchev–Trinajstić information content (AvgIpc) is 3.14. The lowest BCUT2D eigenvalue weighted by Gasteiger charge is -2.12. The molecular formula is C20H16F3N3OS. The number of para-hydroxylation sites is 1. The molecule has 1 aliphatic heterocycles. The quantitative estimate of drug-likeness (QED) is 0.580. The van der Waals surface area contributed by atoms with Crippen LogP contribution in [0.25, 0.3) is 11.3 Å². The van der Waals surface area contributed by atoms with E-state index in [0.717, 1.165) is 31.6 Å². The third-order valence-electron chi connectivity index (χ3n) is 4.22. The summed E-state index contributed by atoms with van der Waals surface area (Å²) < 4.78 is 46.5. The van der Waals surface area contributed by atoms with E-state index in [1.54, 1.807) is 24.3 Å². The SMILES string of the molecule is Fc1cc(F)c(Oc2ccccc2-c2csc(NC3=NCCCC3)n2)c(F)c1. The lowest BCUT2D eigenvalue weighted by molar-refractivity contribution is 0.402. The van der Waals surface area contributed by atoms with Crippen LogP contribution in [0.2, 0.25) is 0 Å². The molecule has 2 heterocycles. The maximum absolute atomic E-state index is 14.0. The molecule has 1 N–H and O–H groups in total. The van der Waals surface area contributed by atoms with Crippen molar-refractivity contribution in [3.63, 3.8) is 0 Å². The number of amidine groups is 1. The van der Waals surface area contributed by atoms with Gasteiger partial charge in [-0.05, 0) is 25.0 Å². The van der Waals surface area contributed by atoms with Crippen LogP contribution in [-0.4, -0.2) is 17.4 Å². The van der Waals surface area contributed by atoms with Crippen LogP contribution < -0.4 is 10.1 Å². The first-order chi connectivity index (χ1) is 13.6. The molecule has 0 fully saturated rings. The van der Waals surface area contributed by atoms with Crippen LogP contribution >= 0.6 is 11.3 Å². The molecule has 2 aromatic carbocycles. The lowest BCUT2D eigenvalue weighted by Crippen LogP contribution is -2.15. The number of rotatable bonds is 4. The molecule has 0 unspecified atom stereocenters. The maximum Gasteiger partial charge on any atom is 0.198 e. The summed E-state index contributed by atoms with van der Waals surface area (Å²) in [6.07, 6.45) is 3.07. The number of nitrogens with one attached hydrogen (secondary N) is 1. The highest BCUT2D eigenvalue weighted by Gasteiger charge is 2.17. The van der Waals surface area contributed by atoms with Gasteiger partial charge < -0.3 is 10.1 Å². The van der Waals surface area contributed by atoms with Gasteiger partial charge >= 0.3 is 0 Å². The van der Waals surface area contributed by atoms with Crippen LogP contribution in [0, 0.1) is 17.5 Å². The Hall–Kier alpha value is -2.87. The van der Waals surface area contributed by atoms with Gasteiger partial charge in [0.2, 0.25) is 0 Å². The van der Waals surface area contributed by atoms with E-state index >= 15 is 0 Å². The topological polar surface area (TPSA) is 46.5 Å². The van der Waals surface area contributed by atoms with E-state index in [9.17, 15) is 13.2 Å². The number of nitrogens with zero attached hydrogens (tertiary/aromatic N) is 2. The van der Waals surface area contributed by atoms with Gasteiger partial charge in [0.15, 0.2) is 22.5 Å². The first-order valence-electron chi connectivity index (χ1n) is 8.78. The zero-order valence-electron chi connectivity index (χ0n) is 14.7. The number of thiazole rings is 1. The number of benzene rings is 2. The van der Waals surface area contributed by atoms with Crippen molar-refractivity contribution >= 4 is 22.3 Å². The van der Waals surface area contributed by atoms with Crippen molar-refractivity contribution in [1.82, 2.24) is 4.98 Å². The minimum absolute atomic E-state index is 0.221. The molecule has 144 valence electrons. The van der Waals surface area contributed by atoms with Crippen molar-refractivity contribution in [2.75, 3.05) is 11.9 Å². The van der Waals surface area contributed by atoms with Gasteiger partial charge in [-0.15, -0.1) is 11.3 Å². The Bertz CT molecular complexity index is 1010. The second kappa shape index (κ2) is 8.02. The molecule has 0 radical (unpaired) electrons. The second-order valence-electron chi connectivity index (χ2n) is 6.25. The molecule has 0 aliphatic carbocycles. The van der Waals surface area contributed by atoms with E-state index in [1.165, 1.54) is 11.3 Å². The van der Waals surface area contributed by atoms with Crippen molar-refractivity contribution in [1.29, 1.82) is 0 Å². The van der Waals surface area contributed by atoms with Crippen LogP contribution in [-0.2, 0) is 0 Å². The Labute approximate surface area is 163 Å². The molecule has 1 aromatic heterocycles. The molecule has 4 nitrogen and oxygen atoms in total. The van der Waals surface area contributed by atoms with Crippen LogP contribution in [0.3, 0.4) is 0 Å². The molecular weight excluding hydrogens is 387 g/mol. The van der Waals surface area contributed by atoms with Crippen LogP contribution in [0.5, 0.6) is 11.5 Å². The average molecular weight is 403 g/mol. The van der Waals surface area contributed by atoms with Crippen LogP contribution in [0.15, 0.2) is 46.8 Å². The summed E-state index contributed by atoms with van der Waals surface area (Å²) in [6.45, 7) is 0.812. The summed E-state index contributed by atoms with van der Waals surface area (Å²) in [4.78, 5) is 8.98. The Balaban J connectivity index is 1.61. The van der Waals surface area contributed by atoms with Gasteiger partial charge in [-0.3, -0.25) is 4.99 Å². The standard InChI is InChI=1S/C20H16F3N3OS/c21-12-9-14(22)19(15(23)10-12)27-17-6-2-1-5-13(17)16-11-28-20(25-16)26-18-7-3-4-8-24-18/h1-2,5-6,9-11H,3-4,7-8H2,(H,24,25,26). The van der Waals surface area contributed by atoms with E-state index in [2.05, 4.69) is 15.3 Å². The summed E-state index contributed by atoms with van der Waals surface area (Å²) in [5, 5.41) is 5.73. The fourth-order valence-corrected chi connectivity index (χ4v) is 3.61. The first-order valence-corrected chi connectivity index (χ1v) is 9.66. The zero-order chi connectivity index (χ0) is 19.5. The Morgan fingerprint density at radius 2 is 1.82 bits per heavy atom. The normalized spacial score (nSPS) is 13.9. The number of aromatic nitrogens is 1. The van der Waals surface area contributed by atoms with E-state index in [4.69, 9.17) is 4.74 Å². The first kappa shape index (κ1) is 18.5. The molecule has 0 saturated carbocycles. The molecule has 0 saturated heterocycles. The van der Waals surface area contributed by atoms with Crippen LogP contribution in [0.1, 0.15) is 19.3 Å². The molecule has 3 aromatic rings. The zero-order valence-corrected chi connectivity index (χ0v) is 15.5. The van der Waals surface area contributed by atoms with Gasteiger partial charge in [-0.1, -0.05) is 12.1 Å². The summed E-state index contributed by atoms with van der Waals surface area (Å²) in [5.74, 6) is -2.74. The monoisotopic (exact) mass is 403 g/mol. The highest BCUT2D eigenvalue weighted by atomic mass is 32.1. The van der Waals surface area contributed by atoms with Gasteiger partial charge in [0.05, 0.1) is 5.69 Å². The molecule has 28 heavy (non-hydrogen) atoms. The van der Waals surface area contributed by atoms with E-state index in [-0.39, 0.29) is 5.75 Å². The van der Waals surface area contributed by atoms with Gasteiger partial charge in [0, 0.05) is 36.0 Å². The van der Waals surface area contributed by atoms with Crippen LogP contribution in [0.4, 0.5) is 18.3 Å². The minimum atomic E-state index is -1.11. The molecule has 0 amide bonds. The fourth-order valence-electron chi connectivity index (χ4n) is 2.88. The summed E-state index contributed by atoms with van der Waals surface area (Å²) in [6, 6.07) is 7.94. The number of aliphatic imine (C=N–C) groups is 1. The Kier molecular flexibility index (Phi) is 5.29. The van der Waals surface area contributed by atoms with Crippen molar-refractivity contribution in [2.45, 2.75) is 19.3 Å². The summed E-state index contributed by atoms with van der Waals surface area (Å²) >= 11 is 1.40. The van der Waals surface area contributed by atoms with Gasteiger partial charge in [0.25, 0.3) is 0 Å². The van der Waals surface area contributed by atoms with Crippen molar-refractivity contribution in [2.24, 2.45) is 4.99 Å². The van der Waals surface area contributed by atoms with Gasteiger partial charge in [-0.25, -0.2) is 18.2 Å². The number of hydrogen-bond acceptors (Lipinski definition) is 5. The fraction of sp³-hybridized carbons (Fsp3) is 0.200. The second-order valence-corrected chi connectivity index (χ2v) is 7.10. The van der Waals surface area contributed by atoms with Crippen molar-refractivity contribution < 1.29 is 17.9 Å². The molecule has 0 spiro atoms. The van der Waals surface area contributed by atoms with Gasteiger partial charge in [0.1, 0.15) is 17.4 Å². The minimum Gasteiger partial charge on any atom is -0.450 e. The predicted octanol–water partition coefficient (Wildman–Crippen LogP) is 6.01. The summed E-state index contributed by atoms with van der Waals surface area (Å²) in [5.41, 5.74) is 1.17. The maximum atomic E-state index is 14.0.